The number of carbonyl (C=O) groups excluding carboxylic acids is 2. The van der Waals surface area contributed by atoms with Crippen molar-refractivity contribution in [2.75, 3.05) is 6.61 Å². The number of rotatable bonds is 8. The average molecular weight is 294 g/mol. The van der Waals surface area contributed by atoms with E-state index in [-0.39, 0.29) is 17.0 Å². The molecule has 0 aliphatic carbocycles. The summed E-state index contributed by atoms with van der Waals surface area (Å²) in [6, 6.07) is 7.46. The van der Waals surface area contributed by atoms with Crippen LogP contribution in [0.25, 0.3) is 0 Å². The normalized spacial score (nSPS) is 11.9. The summed E-state index contributed by atoms with van der Waals surface area (Å²) in [5, 5.41) is -0.188. The molecule has 0 aliphatic rings. The average Bonchev–Trinajstić information content (AvgIpc) is 2.45. The van der Waals surface area contributed by atoms with E-state index in [2.05, 4.69) is 0 Å². The molecule has 0 saturated carbocycles. The topological polar surface area (TPSA) is 43.4 Å². The minimum Gasteiger partial charge on any atom is -0.465 e. The third-order valence-corrected chi connectivity index (χ3v) is 4.21. The zero-order valence-electron chi connectivity index (χ0n) is 12.3. The van der Waals surface area contributed by atoms with Crippen LogP contribution in [0.1, 0.15) is 50.4 Å². The smallest absolute Gasteiger partial charge is 0.319 e. The second-order valence-electron chi connectivity index (χ2n) is 4.46. The SMILES string of the molecule is CCCC(=O)c1ccc(SC(CC)C(=O)OCC)cc1. The van der Waals surface area contributed by atoms with Crippen LogP contribution in [-0.2, 0) is 9.53 Å². The predicted octanol–water partition coefficient (Wildman–Crippen LogP) is 4.10. The van der Waals surface area contributed by atoms with E-state index in [1.165, 1.54) is 11.8 Å². The van der Waals surface area contributed by atoms with Crippen molar-refractivity contribution >= 4 is 23.5 Å². The second-order valence-corrected chi connectivity index (χ2v) is 5.74. The van der Waals surface area contributed by atoms with Crippen LogP contribution in [0, 0.1) is 0 Å². The van der Waals surface area contributed by atoms with Gasteiger partial charge >= 0.3 is 5.97 Å². The van der Waals surface area contributed by atoms with Gasteiger partial charge in [0.15, 0.2) is 5.78 Å². The highest BCUT2D eigenvalue weighted by Gasteiger charge is 2.19. The lowest BCUT2D eigenvalue weighted by Crippen LogP contribution is -2.19. The molecule has 0 aromatic heterocycles. The molecule has 1 rings (SSSR count). The van der Waals surface area contributed by atoms with E-state index >= 15 is 0 Å². The number of carbonyl (C=O) groups is 2. The Morgan fingerprint density at radius 2 is 1.80 bits per heavy atom. The number of Topliss-reactive ketones (excluding diaryl/α,β-unsaturated/α-hetero) is 1. The first-order valence-corrected chi connectivity index (χ1v) is 7.96. The fraction of sp³-hybridized carbons (Fsp3) is 0.500. The molecule has 1 aromatic carbocycles. The summed E-state index contributed by atoms with van der Waals surface area (Å²) in [5.74, 6) is -0.00683. The van der Waals surface area contributed by atoms with Gasteiger partial charge in [0.1, 0.15) is 5.25 Å². The number of esters is 1. The molecule has 0 heterocycles. The molecule has 110 valence electrons. The van der Waals surface area contributed by atoms with Gasteiger partial charge in [-0.15, -0.1) is 11.8 Å². The molecule has 0 N–H and O–H groups in total. The summed E-state index contributed by atoms with van der Waals surface area (Å²) < 4.78 is 5.05. The zero-order chi connectivity index (χ0) is 15.0. The largest absolute Gasteiger partial charge is 0.465 e. The predicted molar refractivity (Wildman–Crippen MR) is 82.2 cm³/mol. The lowest BCUT2D eigenvalue weighted by atomic mass is 10.1. The van der Waals surface area contributed by atoms with Gasteiger partial charge in [0.2, 0.25) is 0 Å². The number of thioether (sulfide) groups is 1. The summed E-state index contributed by atoms with van der Waals surface area (Å²) in [5.41, 5.74) is 0.736. The molecule has 0 aliphatic heterocycles. The molecule has 0 fully saturated rings. The number of hydrogen-bond acceptors (Lipinski definition) is 4. The highest BCUT2D eigenvalue weighted by molar-refractivity contribution is 8.00. The monoisotopic (exact) mass is 294 g/mol. The molecule has 0 saturated heterocycles. The molecule has 4 heteroatoms. The minimum atomic E-state index is -0.188. The van der Waals surface area contributed by atoms with E-state index in [0.717, 1.165) is 23.3 Å². The first kappa shape index (κ1) is 16.8. The fourth-order valence-electron chi connectivity index (χ4n) is 1.79. The van der Waals surface area contributed by atoms with Crippen molar-refractivity contribution in [3.8, 4) is 0 Å². The molecular formula is C16H22O3S. The number of ketones is 1. The number of ether oxygens (including phenoxy) is 1. The van der Waals surface area contributed by atoms with E-state index < -0.39 is 0 Å². The van der Waals surface area contributed by atoms with Gasteiger partial charge in [-0.05, 0) is 31.9 Å². The molecule has 3 nitrogen and oxygen atoms in total. The maximum absolute atomic E-state index is 11.7. The number of hydrogen-bond donors (Lipinski definition) is 0. The van der Waals surface area contributed by atoms with Crippen LogP contribution in [-0.4, -0.2) is 23.6 Å². The molecular weight excluding hydrogens is 272 g/mol. The van der Waals surface area contributed by atoms with Gasteiger partial charge in [0, 0.05) is 16.9 Å². The highest BCUT2D eigenvalue weighted by atomic mass is 32.2. The maximum atomic E-state index is 11.7. The Balaban J connectivity index is 2.68. The third kappa shape index (κ3) is 5.00. The van der Waals surface area contributed by atoms with Crippen LogP contribution in [0.15, 0.2) is 29.2 Å². The lowest BCUT2D eigenvalue weighted by molar-refractivity contribution is -0.142. The Bertz CT molecular complexity index is 440. The summed E-state index contributed by atoms with van der Waals surface area (Å²) >= 11 is 1.48. The maximum Gasteiger partial charge on any atom is 0.319 e. The Labute approximate surface area is 125 Å². The van der Waals surface area contributed by atoms with Crippen LogP contribution in [0.3, 0.4) is 0 Å². The molecule has 1 atom stereocenters. The summed E-state index contributed by atoms with van der Waals surface area (Å²) in [7, 11) is 0. The second kappa shape index (κ2) is 8.80. The lowest BCUT2D eigenvalue weighted by Gasteiger charge is -2.13. The first-order chi connectivity index (χ1) is 9.62. The number of benzene rings is 1. The zero-order valence-corrected chi connectivity index (χ0v) is 13.2. The molecule has 0 amide bonds. The van der Waals surface area contributed by atoms with Crippen LogP contribution >= 0.6 is 11.8 Å². The fourth-order valence-corrected chi connectivity index (χ4v) is 2.74. The first-order valence-electron chi connectivity index (χ1n) is 7.08. The van der Waals surface area contributed by atoms with Crippen molar-refractivity contribution in [3.05, 3.63) is 29.8 Å². The van der Waals surface area contributed by atoms with Crippen molar-refractivity contribution < 1.29 is 14.3 Å². The van der Waals surface area contributed by atoms with E-state index in [9.17, 15) is 9.59 Å². The summed E-state index contributed by atoms with van der Waals surface area (Å²) in [6.45, 7) is 6.17. The third-order valence-electron chi connectivity index (χ3n) is 2.85. The van der Waals surface area contributed by atoms with Crippen LogP contribution in [0.4, 0.5) is 0 Å². The molecule has 1 aromatic rings. The molecule has 20 heavy (non-hydrogen) atoms. The quantitative estimate of drug-likeness (QED) is 0.411. The van der Waals surface area contributed by atoms with Crippen LogP contribution in [0.5, 0.6) is 0 Å². The van der Waals surface area contributed by atoms with Crippen LogP contribution < -0.4 is 0 Å². The van der Waals surface area contributed by atoms with Crippen molar-refractivity contribution in [1.29, 1.82) is 0 Å². The molecule has 0 spiro atoms. The van der Waals surface area contributed by atoms with Gasteiger partial charge < -0.3 is 4.74 Å². The van der Waals surface area contributed by atoms with Crippen molar-refractivity contribution in [1.82, 2.24) is 0 Å². The van der Waals surface area contributed by atoms with E-state index in [1.807, 2.05) is 45.0 Å². The Morgan fingerprint density at radius 3 is 2.30 bits per heavy atom. The highest BCUT2D eigenvalue weighted by Crippen LogP contribution is 2.26. The summed E-state index contributed by atoms with van der Waals surface area (Å²) in [4.78, 5) is 24.5. The Morgan fingerprint density at radius 1 is 1.15 bits per heavy atom. The van der Waals surface area contributed by atoms with Gasteiger partial charge in [0.05, 0.1) is 6.61 Å². The summed E-state index contributed by atoms with van der Waals surface area (Å²) in [6.07, 6.45) is 2.16. The van der Waals surface area contributed by atoms with Crippen LogP contribution in [0.2, 0.25) is 0 Å². The van der Waals surface area contributed by atoms with E-state index in [0.29, 0.717) is 13.0 Å². The van der Waals surface area contributed by atoms with Crippen molar-refractivity contribution in [2.24, 2.45) is 0 Å². The molecule has 0 bridgehead atoms. The van der Waals surface area contributed by atoms with Gasteiger partial charge in [-0.1, -0.05) is 26.0 Å². The van der Waals surface area contributed by atoms with Gasteiger partial charge in [-0.3, -0.25) is 9.59 Å². The van der Waals surface area contributed by atoms with Gasteiger partial charge in [0.25, 0.3) is 0 Å². The van der Waals surface area contributed by atoms with Crippen molar-refractivity contribution in [3.63, 3.8) is 0 Å². The molecule has 0 radical (unpaired) electrons. The van der Waals surface area contributed by atoms with E-state index in [1.54, 1.807) is 0 Å². The minimum absolute atomic E-state index is 0.168. The Hall–Kier alpha value is -1.29. The molecule has 1 unspecified atom stereocenters. The van der Waals surface area contributed by atoms with Gasteiger partial charge in [-0.2, -0.15) is 0 Å². The Kier molecular flexibility index (Phi) is 7.37. The van der Waals surface area contributed by atoms with Crippen molar-refractivity contribution in [2.45, 2.75) is 50.2 Å². The van der Waals surface area contributed by atoms with E-state index in [4.69, 9.17) is 4.74 Å². The standard InChI is InChI=1S/C16H22O3S/c1-4-7-14(17)12-8-10-13(11-9-12)20-15(5-2)16(18)19-6-3/h8-11,15H,4-7H2,1-3H3. The van der Waals surface area contributed by atoms with Gasteiger partial charge in [-0.25, -0.2) is 0 Å².